The second kappa shape index (κ2) is 10.0. The average Bonchev–Trinajstić information content (AvgIpc) is 3.19. The van der Waals surface area contributed by atoms with Gasteiger partial charge in [-0.25, -0.2) is 13.2 Å². The summed E-state index contributed by atoms with van der Waals surface area (Å²) in [6.07, 6.45) is 0. The van der Waals surface area contributed by atoms with Crippen LogP contribution in [0, 0.1) is 17.0 Å². The highest BCUT2D eigenvalue weighted by Crippen LogP contribution is 2.38. The van der Waals surface area contributed by atoms with E-state index in [9.17, 15) is 23.3 Å². The maximum atomic E-state index is 13.9. The van der Waals surface area contributed by atoms with Gasteiger partial charge in [0.1, 0.15) is 10.5 Å². The van der Waals surface area contributed by atoms with E-state index in [4.69, 9.17) is 4.74 Å². The van der Waals surface area contributed by atoms with Gasteiger partial charge in [0.2, 0.25) is 0 Å². The van der Waals surface area contributed by atoms with Crippen LogP contribution in [0.15, 0.2) is 89.8 Å². The van der Waals surface area contributed by atoms with Gasteiger partial charge in [0, 0.05) is 29.2 Å². The van der Waals surface area contributed by atoms with Gasteiger partial charge in [0.25, 0.3) is 15.7 Å². The number of ether oxygens (including phenoxy) is 1. The molecule has 0 atom stereocenters. The van der Waals surface area contributed by atoms with Crippen molar-refractivity contribution in [2.75, 3.05) is 11.3 Å². The first kappa shape index (κ1) is 24.7. The number of esters is 1. The van der Waals surface area contributed by atoms with E-state index in [-0.39, 0.29) is 34.1 Å². The van der Waals surface area contributed by atoms with Crippen molar-refractivity contribution in [2.45, 2.75) is 18.7 Å². The number of sulfonamides is 1. The molecule has 0 aliphatic rings. The molecule has 1 aromatic heterocycles. The van der Waals surface area contributed by atoms with Gasteiger partial charge in [-0.2, -0.15) is 0 Å². The van der Waals surface area contributed by atoms with Crippen molar-refractivity contribution in [3.63, 3.8) is 0 Å². The number of anilines is 1. The maximum Gasteiger partial charge on any atom is 0.341 e. The molecule has 0 aliphatic carbocycles. The molecule has 1 N–H and O–H groups in total. The zero-order valence-electron chi connectivity index (χ0n) is 19.5. The van der Waals surface area contributed by atoms with Gasteiger partial charge in [-0.15, -0.1) is 0 Å². The quantitative estimate of drug-likeness (QED) is 0.196. The van der Waals surface area contributed by atoms with Crippen LogP contribution in [-0.2, 0) is 14.8 Å². The molecule has 10 heteroatoms. The topological polar surface area (TPSA) is 121 Å². The Morgan fingerprint density at radius 2 is 1.56 bits per heavy atom. The lowest BCUT2D eigenvalue weighted by Gasteiger charge is -2.14. The van der Waals surface area contributed by atoms with E-state index in [0.29, 0.717) is 16.9 Å². The second-order valence-corrected chi connectivity index (χ2v) is 9.42. The largest absolute Gasteiger partial charge is 0.462 e. The van der Waals surface area contributed by atoms with Gasteiger partial charge in [-0.1, -0.05) is 48.5 Å². The number of carbonyl (C=O) groups is 1. The summed E-state index contributed by atoms with van der Waals surface area (Å²) in [5.74, 6) is -0.772. The van der Waals surface area contributed by atoms with E-state index in [1.807, 2.05) is 36.4 Å². The van der Waals surface area contributed by atoms with Crippen molar-refractivity contribution < 1.29 is 22.9 Å². The molecule has 0 fully saturated rings. The summed E-state index contributed by atoms with van der Waals surface area (Å²) < 4.78 is 37.2. The Balaban J connectivity index is 2.01. The van der Waals surface area contributed by atoms with E-state index in [1.54, 1.807) is 42.7 Å². The van der Waals surface area contributed by atoms with Crippen LogP contribution < -0.4 is 4.72 Å². The number of benzene rings is 3. The molecule has 0 saturated heterocycles. The molecule has 36 heavy (non-hydrogen) atoms. The first-order chi connectivity index (χ1) is 17.2. The summed E-state index contributed by atoms with van der Waals surface area (Å²) in [6, 6.07) is 23.0. The Morgan fingerprint density at radius 3 is 2.11 bits per heavy atom. The van der Waals surface area contributed by atoms with E-state index in [0.717, 1.165) is 0 Å². The lowest BCUT2D eigenvalue weighted by atomic mass is 10.1. The summed E-state index contributed by atoms with van der Waals surface area (Å²) in [5.41, 5.74) is 1.76. The van der Waals surface area contributed by atoms with Crippen LogP contribution >= 0.6 is 0 Å². The Labute approximate surface area is 208 Å². The van der Waals surface area contributed by atoms with Crippen LogP contribution in [0.1, 0.15) is 23.0 Å². The molecule has 0 unspecified atom stereocenters. The number of non-ortho nitro benzene ring substituents is 1. The smallest absolute Gasteiger partial charge is 0.341 e. The van der Waals surface area contributed by atoms with Crippen LogP contribution in [0.25, 0.3) is 16.9 Å². The minimum absolute atomic E-state index is 0.0602. The molecule has 4 aromatic rings. The van der Waals surface area contributed by atoms with E-state index < -0.39 is 20.9 Å². The number of nitro benzene ring substituents is 1. The monoisotopic (exact) mass is 505 g/mol. The van der Waals surface area contributed by atoms with Gasteiger partial charge in [0.15, 0.2) is 0 Å². The molecular weight excluding hydrogens is 482 g/mol. The van der Waals surface area contributed by atoms with Crippen molar-refractivity contribution >= 4 is 27.4 Å². The highest BCUT2D eigenvalue weighted by molar-refractivity contribution is 7.93. The van der Waals surface area contributed by atoms with Crippen LogP contribution in [0.3, 0.4) is 0 Å². The Hall–Kier alpha value is -4.44. The van der Waals surface area contributed by atoms with E-state index in [2.05, 4.69) is 4.72 Å². The molecule has 184 valence electrons. The van der Waals surface area contributed by atoms with Crippen molar-refractivity contribution in [3.8, 4) is 16.9 Å². The van der Waals surface area contributed by atoms with Crippen molar-refractivity contribution in [1.29, 1.82) is 0 Å². The number of aromatic nitrogens is 1. The summed E-state index contributed by atoms with van der Waals surface area (Å²) in [5, 5.41) is 11.0. The third-order valence-electron chi connectivity index (χ3n) is 5.50. The average molecular weight is 506 g/mol. The minimum Gasteiger partial charge on any atom is -0.462 e. The normalized spacial score (nSPS) is 11.2. The number of carbonyl (C=O) groups excluding carboxylic acids is 1. The minimum atomic E-state index is -4.37. The Morgan fingerprint density at radius 1 is 0.972 bits per heavy atom. The summed E-state index contributed by atoms with van der Waals surface area (Å²) in [7, 11) is -4.37. The van der Waals surface area contributed by atoms with E-state index in [1.165, 1.54) is 24.3 Å². The molecule has 0 aliphatic heterocycles. The molecule has 0 bridgehead atoms. The molecule has 4 rings (SSSR count). The first-order valence-corrected chi connectivity index (χ1v) is 12.5. The fourth-order valence-electron chi connectivity index (χ4n) is 3.98. The van der Waals surface area contributed by atoms with Gasteiger partial charge in [-0.05, 0) is 43.7 Å². The number of nitro groups is 1. The summed E-state index contributed by atoms with van der Waals surface area (Å²) >= 11 is 0. The fraction of sp³-hybridized carbons (Fsp3) is 0.115. The van der Waals surface area contributed by atoms with E-state index >= 15 is 0 Å². The fourth-order valence-corrected chi connectivity index (χ4v) is 5.49. The zero-order valence-corrected chi connectivity index (χ0v) is 20.4. The third-order valence-corrected chi connectivity index (χ3v) is 6.94. The Bertz CT molecular complexity index is 1510. The zero-order chi connectivity index (χ0) is 25.9. The molecule has 1 heterocycles. The number of hydrogen-bond acceptors (Lipinski definition) is 6. The lowest BCUT2D eigenvalue weighted by molar-refractivity contribution is -0.384. The maximum absolute atomic E-state index is 13.9. The van der Waals surface area contributed by atoms with Gasteiger partial charge in [0.05, 0.1) is 17.2 Å². The molecule has 0 saturated carbocycles. The van der Waals surface area contributed by atoms with Crippen LogP contribution in [0.5, 0.6) is 0 Å². The summed E-state index contributed by atoms with van der Waals surface area (Å²) in [4.78, 5) is 23.3. The molecule has 0 amide bonds. The molecule has 0 spiro atoms. The Kier molecular flexibility index (Phi) is 6.89. The van der Waals surface area contributed by atoms with Crippen molar-refractivity contribution in [2.24, 2.45) is 0 Å². The molecule has 9 nitrogen and oxygen atoms in total. The standard InChI is InChI=1S/C26H23N3O6S/c1-3-35-26(30)23-18(2)28(21-12-8-5-9-13-21)24(19-10-6-4-7-11-19)25(23)36(33,34)27-20-14-16-22(17-15-20)29(31)32/h4-17,27H,3H2,1-2H3. The van der Waals surface area contributed by atoms with Gasteiger partial charge >= 0.3 is 5.97 Å². The molecular formula is C26H23N3O6S. The van der Waals surface area contributed by atoms with Crippen molar-refractivity contribution in [1.82, 2.24) is 4.57 Å². The molecule has 0 radical (unpaired) electrons. The van der Waals surface area contributed by atoms with Gasteiger partial charge < -0.3 is 9.30 Å². The number of rotatable bonds is 8. The van der Waals surface area contributed by atoms with Crippen LogP contribution in [-0.4, -0.2) is 30.5 Å². The van der Waals surface area contributed by atoms with Crippen LogP contribution in [0.2, 0.25) is 0 Å². The highest BCUT2D eigenvalue weighted by atomic mass is 32.2. The predicted molar refractivity (Wildman–Crippen MR) is 136 cm³/mol. The number of para-hydroxylation sites is 1. The third kappa shape index (κ3) is 4.71. The second-order valence-electron chi connectivity index (χ2n) is 7.81. The molecule has 3 aromatic carbocycles. The first-order valence-electron chi connectivity index (χ1n) is 11.0. The lowest BCUT2D eigenvalue weighted by Crippen LogP contribution is -2.18. The predicted octanol–water partition coefficient (Wildman–Crippen LogP) is 5.34. The van der Waals surface area contributed by atoms with Crippen LogP contribution in [0.4, 0.5) is 11.4 Å². The van der Waals surface area contributed by atoms with Gasteiger partial charge in [-0.3, -0.25) is 14.8 Å². The highest BCUT2D eigenvalue weighted by Gasteiger charge is 2.35. The summed E-state index contributed by atoms with van der Waals surface area (Å²) in [6.45, 7) is 3.37. The van der Waals surface area contributed by atoms with Crippen molar-refractivity contribution in [3.05, 3.63) is 106 Å². The number of nitrogens with zero attached hydrogens (tertiary/aromatic N) is 2. The SMILES string of the molecule is CCOC(=O)c1c(S(=O)(=O)Nc2ccc([N+](=O)[O-])cc2)c(-c2ccccc2)n(-c2ccccc2)c1C. The number of nitrogens with one attached hydrogen (secondary N) is 1. The number of hydrogen-bond donors (Lipinski definition) is 1.